The van der Waals surface area contributed by atoms with Crippen LogP contribution in [-0.4, -0.2) is 75.4 Å². The molecule has 12 heteroatoms. The Kier molecular flexibility index (Phi) is 9.18. The molecule has 35 heavy (non-hydrogen) atoms. The van der Waals surface area contributed by atoms with Crippen LogP contribution in [0, 0.1) is 0 Å². The Morgan fingerprint density at radius 3 is 2.31 bits per heavy atom. The van der Waals surface area contributed by atoms with Crippen LogP contribution in [0.2, 0.25) is 0 Å². The molecule has 188 valence electrons. The van der Waals surface area contributed by atoms with Crippen molar-refractivity contribution in [2.75, 3.05) is 44.6 Å². The molecule has 3 rings (SSSR count). The molecule has 2 aromatic carbocycles. The largest absolute Gasteiger partial charge is 0.445 e. The van der Waals surface area contributed by atoms with Gasteiger partial charge in [-0.3, -0.25) is 9.59 Å². The Bertz CT molecular complexity index is 1130. The maximum absolute atomic E-state index is 12.6. The van der Waals surface area contributed by atoms with Crippen LogP contribution in [0.5, 0.6) is 0 Å². The predicted octanol–water partition coefficient (Wildman–Crippen LogP) is 0.733. The summed E-state index contributed by atoms with van der Waals surface area (Å²) in [5.41, 5.74) is 6.53. The molecule has 0 bridgehead atoms. The average molecular weight is 504 g/mol. The zero-order valence-corrected chi connectivity index (χ0v) is 20.0. The van der Waals surface area contributed by atoms with Gasteiger partial charge in [0.15, 0.2) is 0 Å². The molecule has 11 nitrogen and oxygen atoms in total. The number of nitrogens with zero attached hydrogens (tertiary/aromatic N) is 2. The summed E-state index contributed by atoms with van der Waals surface area (Å²) in [6.45, 7) is 1.03. The molecule has 0 unspecified atom stereocenters. The molecule has 4 N–H and O–H groups in total. The highest BCUT2D eigenvalue weighted by molar-refractivity contribution is 7.89. The van der Waals surface area contributed by atoms with Crippen LogP contribution in [0.1, 0.15) is 12.0 Å². The quantitative estimate of drug-likeness (QED) is 0.456. The molecule has 0 atom stereocenters. The molecule has 0 saturated carbocycles. The summed E-state index contributed by atoms with van der Waals surface area (Å²) in [5.74, 6) is -0.730. The smallest absolute Gasteiger partial charge is 0.410 e. The Balaban J connectivity index is 1.46. The fourth-order valence-corrected chi connectivity index (χ4v) is 4.42. The Morgan fingerprint density at radius 2 is 1.63 bits per heavy atom. The average Bonchev–Trinajstić information content (AvgIpc) is 2.87. The van der Waals surface area contributed by atoms with Crippen molar-refractivity contribution < 1.29 is 27.5 Å². The molecule has 1 fully saturated rings. The van der Waals surface area contributed by atoms with Gasteiger partial charge in [0.25, 0.3) is 0 Å². The van der Waals surface area contributed by atoms with E-state index in [1.165, 1.54) is 28.0 Å². The minimum Gasteiger partial charge on any atom is -0.445 e. The highest BCUT2D eigenvalue weighted by Crippen LogP contribution is 2.16. The zero-order valence-electron chi connectivity index (χ0n) is 19.2. The Labute approximate surface area is 204 Å². The molecular formula is C23H29N5O6S. The number of piperazine rings is 1. The molecule has 0 spiro atoms. The molecule has 1 saturated heterocycles. The van der Waals surface area contributed by atoms with Gasteiger partial charge in [-0.2, -0.15) is 0 Å². The van der Waals surface area contributed by atoms with Gasteiger partial charge in [-0.1, -0.05) is 36.4 Å². The van der Waals surface area contributed by atoms with E-state index in [1.54, 1.807) is 6.07 Å². The third-order valence-electron chi connectivity index (χ3n) is 5.31. The van der Waals surface area contributed by atoms with Crippen LogP contribution >= 0.6 is 0 Å². The van der Waals surface area contributed by atoms with Gasteiger partial charge in [0.1, 0.15) is 6.61 Å². The molecule has 0 aromatic heterocycles. The third-order valence-corrected chi connectivity index (χ3v) is 6.71. The molecule has 2 aromatic rings. The first-order chi connectivity index (χ1) is 16.8. The van der Waals surface area contributed by atoms with Crippen molar-refractivity contribution in [3.05, 3.63) is 60.2 Å². The van der Waals surface area contributed by atoms with Gasteiger partial charge >= 0.3 is 6.09 Å². The van der Waals surface area contributed by atoms with E-state index < -0.39 is 28.6 Å². The second-order valence-corrected chi connectivity index (χ2v) is 9.61. The number of benzene rings is 2. The Hall–Kier alpha value is -3.48. The number of anilines is 1. The first-order valence-electron chi connectivity index (χ1n) is 11.1. The standard InChI is InChI=1S/C23H29N5O6S/c24-10-9-21(29)26-19-7-4-8-20(15-19)35(32,33)25-16-22(30)27-11-13-28(14-12-27)23(31)34-17-18-5-2-1-3-6-18/h1-8,15,25H,9-14,16-17,24H2,(H,26,29). The second-order valence-electron chi connectivity index (χ2n) is 7.85. The molecule has 1 heterocycles. The lowest BCUT2D eigenvalue weighted by Crippen LogP contribution is -2.52. The molecule has 0 radical (unpaired) electrons. The van der Waals surface area contributed by atoms with E-state index in [1.807, 2.05) is 30.3 Å². The van der Waals surface area contributed by atoms with Crippen molar-refractivity contribution in [2.45, 2.75) is 17.9 Å². The summed E-state index contributed by atoms with van der Waals surface area (Å²) in [7, 11) is -3.98. The first kappa shape index (κ1) is 26.1. The predicted molar refractivity (Wildman–Crippen MR) is 129 cm³/mol. The number of nitrogens with one attached hydrogen (secondary N) is 2. The number of sulfonamides is 1. The molecule has 0 aliphatic carbocycles. The minimum atomic E-state index is -3.98. The number of amides is 3. The summed E-state index contributed by atoms with van der Waals surface area (Å²) >= 11 is 0. The van der Waals surface area contributed by atoms with Crippen molar-refractivity contribution in [2.24, 2.45) is 5.73 Å². The van der Waals surface area contributed by atoms with Crippen LogP contribution in [0.15, 0.2) is 59.5 Å². The first-order valence-corrected chi connectivity index (χ1v) is 12.6. The number of hydrogen-bond donors (Lipinski definition) is 3. The van der Waals surface area contributed by atoms with E-state index in [0.29, 0.717) is 5.69 Å². The Morgan fingerprint density at radius 1 is 0.943 bits per heavy atom. The van der Waals surface area contributed by atoms with Gasteiger partial charge < -0.3 is 25.6 Å². The van der Waals surface area contributed by atoms with Crippen molar-refractivity contribution in [3.63, 3.8) is 0 Å². The summed E-state index contributed by atoms with van der Waals surface area (Å²) in [6, 6.07) is 15.0. The van der Waals surface area contributed by atoms with E-state index in [4.69, 9.17) is 10.5 Å². The topological polar surface area (TPSA) is 151 Å². The fourth-order valence-electron chi connectivity index (χ4n) is 3.40. The molecular weight excluding hydrogens is 474 g/mol. The van der Waals surface area contributed by atoms with Gasteiger partial charge in [0.05, 0.1) is 11.4 Å². The van der Waals surface area contributed by atoms with Crippen molar-refractivity contribution >= 4 is 33.6 Å². The number of rotatable bonds is 9. The summed E-state index contributed by atoms with van der Waals surface area (Å²) < 4.78 is 32.9. The SMILES string of the molecule is NCCC(=O)Nc1cccc(S(=O)(=O)NCC(=O)N2CCN(C(=O)OCc3ccccc3)CC2)c1. The van der Waals surface area contributed by atoms with Crippen LogP contribution in [0.3, 0.4) is 0 Å². The lowest BCUT2D eigenvalue weighted by atomic mass is 10.2. The third kappa shape index (κ3) is 7.77. The van der Waals surface area contributed by atoms with Crippen molar-refractivity contribution in [1.29, 1.82) is 0 Å². The van der Waals surface area contributed by atoms with Crippen LogP contribution in [0.25, 0.3) is 0 Å². The number of nitrogens with two attached hydrogens (primary N) is 1. The normalized spacial score (nSPS) is 13.9. The molecule has 3 amide bonds. The van der Waals surface area contributed by atoms with Crippen LogP contribution in [0.4, 0.5) is 10.5 Å². The van der Waals surface area contributed by atoms with Crippen molar-refractivity contribution in [3.8, 4) is 0 Å². The zero-order chi connectivity index (χ0) is 25.3. The van der Waals surface area contributed by atoms with Gasteiger partial charge in [-0.05, 0) is 23.8 Å². The van der Waals surface area contributed by atoms with Gasteiger partial charge in [0.2, 0.25) is 21.8 Å². The number of carbonyl (C=O) groups is 3. The fraction of sp³-hybridized carbons (Fsp3) is 0.348. The molecule has 1 aliphatic rings. The van der Waals surface area contributed by atoms with E-state index >= 15 is 0 Å². The highest BCUT2D eigenvalue weighted by Gasteiger charge is 2.26. The van der Waals surface area contributed by atoms with Crippen LogP contribution in [-0.2, 0) is 31.0 Å². The molecule has 1 aliphatic heterocycles. The van der Waals surface area contributed by atoms with E-state index in [9.17, 15) is 22.8 Å². The van der Waals surface area contributed by atoms with Gasteiger partial charge in [-0.15, -0.1) is 0 Å². The van der Waals surface area contributed by atoms with E-state index in [-0.39, 0.29) is 56.6 Å². The van der Waals surface area contributed by atoms with E-state index in [0.717, 1.165) is 5.56 Å². The second kappa shape index (κ2) is 12.3. The summed E-state index contributed by atoms with van der Waals surface area (Å²) in [5, 5.41) is 2.57. The number of carbonyl (C=O) groups excluding carboxylic acids is 3. The number of hydrogen-bond acceptors (Lipinski definition) is 7. The maximum Gasteiger partial charge on any atom is 0.410 e. The van der Waals surface area contributed by atoms with Crippen LogP contribution < -0.4 is 15.8 Å². The lowest BCUT2D eigenvalue weighted by molar-refractivity contribution is -0.131. The van der Waals surface area contributed by atoms with Gasteiger partial charge in [0, 0.05) is 44.8 Å². The summed E-state index contributed by atoms with van der Waals surface area (Å²) in [4.78, 5) is 39.4. The van der Waals surface area contributed by atoms with E-state index in [2.05, 4.69) is 10.0 Å². The highest BCUT2D eigenvalue weighted by atomic mass is 32.2. The maximum atomic E-state index is 12.6. The monoisotopic (exact) mass is 503 g/mol. The lowest BCUT2D eigenvalue weighted by Gasteiger charge is -2.34. The van der Waals surface area contributed by atoms with Crippen molar-refractivity contribution in [1.82, 2.24) is 14.5 Å². The summed E-state index contributed by atoms with van der Waals surface area (Å²) in [6.07, 6.45) is -0.345. The van der Waals surface area contributed by atoms with Gasteiger partial charge in [-0.25, -0.2) is 17.9 Å². The number of ether oxygens (including phenoxy) is 1. The minimum absolute atomic E-state index is 0.0816.